The van der Waals surface area contributed by atoms with Gasteiger partial charge in [-0.25, -0.2) is 4.79 Å². The summed E-state index contributed by atoms with van der Waals surface area (Å²) in [4.78, 5) is 38.4. The molecule has 3 rings (SSSR count). The zero-order chi connectivity index (χ0) is 24.1. The van der Waals surface area contributed by atoms with Gasteiger partial charge in [-0.15, -0.1) is 11.3 Å². The van der Waals surface area contributed by atoms with Crippen LogP contribution >= 0.6 is 11.3 Å². The third-order valence-corrected chi connectivity index (χ3v) is 6.99. The van der Waals surface area contributed by atoms with Crippen molar-refractivity contribution in [1.29, 1.82) is 0 Å². The van der Waals surface area contributed by atoms with E-state index in [4.69, 9.17) is 0 Å². The first-order chi connectivity index (χ1) is 14.9. The maximum Gasteiger partial charge on any atom is 0.348 e. The molecule has 0 aromatic carbocycles. The van der Waals surface area contributed by atoms with Crippen LogP contribution in [0.25, 0.3) is 0 Å². The number of carbonyl (C=O) groups excluding carboxylic acids is 2. The first-order valence-electron chi connectivity index (χ1n) is 11.3. The Morgan fingerprint density at radius 2 is 1.88 bits per heavy atom. The molecule has 1 saturated heterocycles. The van der Waals surface area contributed by atoms with Crippen LogP contribution in [0.1, 0.15) is 74.3 Å². The van der Waals surface area contributed by atoms with Gasteiger partial charge in [0, 0.05) is 32.0 Å². The molecule has 1 aromatic rings. The summed E-state index contributed by atoms with van der Waals surface area (Å²) >= 11 is 1.16. The van der Waals surface area contributed by atoms with Crippen LogP contribution in [0.2, 0.25) is 0 Å². The van der Waals surface area contributed by atoms with Crippen LogP contribution in [0.3, 0.4) is 0 Å². The lowest BCUT2D eigenvalue weighted by molar-refractivity contribution is -0.127. The van der Waals surface area contributed by atoms with E-state index in [2.05, 4.69) is 18.8 Å². The average molecular weight is 461 g/mol. The number of hydrogen-bond donors (Lipinski definition) is 1. The van der Waals surface area contributed by atoms with Crippen LogP contribution in [-0.2, 0) is 9.59 Å². The van der Waals surface area contributed by atoms with E-state index in [1.54, 1.807) is 30.0 Å². The smallest absolute Gasteiger partial charge is 0.348 e. The Bertz CT molecular complexity index is 882. The van der Waals surface area contributed by atoms with Gasteiger partial charge in [0.05, 0.1) is 10.6 Å². The largest absolute Gasteiger partial charge is 0.477 e. The van der Waals surface area contributed by atoms with Gasteiger partial charge in [0.25, 0.3) is 0 Å². The number of aldehydes is 1. The quantitative estimate of drug-likeness (QED) is 0.528. The Labute approximate surface area is 196 Å². The number of carboxylic acid groups (broad SMARTS) is 1. The molecule has 2 fully saturated rings. The van der Waals surface area contributed by atoms with Crippen LogP contribution in [0.4, 0.5) is 5.69 Å². The lowest BCUT2D eigenvalue weighted by Crippen LogP contribution is -2.38. The van der Waals surface area contributed by atoms with Gasteiger partial charge in [-0.05, 0) is 52.0 Å². The minimum Gasteiger partial charge on any atom is -0.477 e. The van der Waals surface area contributed by atoms with Gasteiger partial charge >= 0.3 is 5.97 Å². The molecular weight excluding hydrogens is 424 g/mol. The number of likely N-dealkylation sites (N-methyl/N-ethyl adjacent to an activating group) is 2. The summed E-state index contributed by atoms with van der Waals surface area (Å²) in [6.45, 7) is 8.97. The highest BCUT2D eigenvalue weighted by Gasteiger charge is 2.34. The SMILES string of the molecule is CC1CCC(C=O)CC1.CN1CCC(N(C)c2cc(C#CC(C)(C)C)sc2C(=O)O)C1=O. The van der Waals surface area contributed by atoms with Gasteiger partial charge in [-0.1, -0.05) is 31.6 Å². The van der Waals surface area contributed by atoms with Crippen molar-refractivity contribution in [3.8, 4) is 11.8 Å². The molecule has 6 nitrogen and oxygen atoms in total. The highest BCUT2D eigenvalue weighted by atomic mass is 32.1. The summed E-state index contributed by atoms with van der Waals surface area (Å²) in [5, 5.41) is 9.46. The number of likely N-dealkylation sites (tertiary alicyclic amines) is 1. The molecule has 32 heavy (non-hydrogen) atoms. The number of carboxylic acids is 1. The molecule has 1 unspecified atom stereocenters. The number of anilines is 1. The molecule has 0 radical (unpaired) electrons. The third-order valence-electron chi connectivity index (χ3n) is 5.97. The van der Waals surface area contributed by atoms with E-state index in [-0.39, 0.29) is 22.2 Å². The second-order valence-corrected chi connectivity index (χ2v) is 11.0. The maximum atomic E-state index is 12.2. The van der Waals surface area contributed by atoms with Gasteiger partial charge in [0.2, 0.25) is 5.91 Å². The fourth-order valence-electron chi connectivity index (χ4n) is 3.86. The van der Waals surface area contributed by atoms with Crippen molar-refractivity contribution in [2.75, 3.05) is 25.5 Å². The molecule has 1 N–H and O–H groups in total. The summed E-state index contributed by atoms with van der Waals surface area (Å²) in [5.74, 6) is 6.46. The molecule has 2 heterocycles. The van der Waals surface area contributed by atoms with Gasteiger partial charge < -0.3 is 19.7 Å². The molecule has 2 aliphatic rings. The second kappa shape index (κ2) is 11.0. The molecule has 1 amide bonds. The number of amides is 1. The number of aromatic carboxylic acids is 1. The number of thiophene rings is 1. The van der Waals surface area contributed by atoms with Gasteiger partial charge in [0.15, 0.2) is 0 Å². The Hall–Kier alpha value is -2.33. The lowest BCUT2D eigenvalue weighted by Gasteiger charge is -2.24. The van der Waals surface area contributed by atoms with Crippen molar-refractivity contribution >= 4 is 35.2 Å². The molecule has 0 spiro atoms. The molecule has 7 heteroatoms. The topological polar surface area (TPSA) is 77.9 Å². The van der Waals surface area contributed by atoms with E-state index >= 15 is 0 Å². The Balaban J connectivity index is 0.000000336. The number of carbonyl (C=O) groups is 3. The van der Waals surface area contributed by atoms with Crippen LogP contribution < -0.4 is 4.90 Å². The Morgan fingerprint density at radius 3 is 2.34 bits per heavy atom. The summed E-state index contributed by atoms with van der Waals surface area (Å²) in [6, 6.07) is 1.47. The maximum absolute atomic E-state index is 12.2. The Morgan fingerprint density at radius 1 is 1.25 bits per heavy atom. The average Bonchev–Trinajstić information content (AvgIpc) is 3.31. The van der Waals surface area contributed by atoms with Crippen LogP contribution in [0, 0.1) is 29.1 Å². The zero-order valence-electron chi connectivity index (χ0n) is 20.1. The molecule has 1 aliphatic carbocycles. The Kier molecular flexibility index (Phi) is 8.91. The van der Waals surface area contributed by atoms with Crippen molar-refractivity contribution in [2.24, 2.45) is 17.3 Å². The monoisotopic (exact) mass is 460 g/mol. The highest BCUT2D eigenvalue weighted by molar-refractivity contribution is 7.15. The summed E-state index contributed by atoms with van der Waals surface area (Å²) in [6.07, 6.45) is 6.58. The van der Waals surface area contributed by atoms with Crippen molar-refractivity contribution < 1.29 is 19.5 Å². The lowest BCUT2D eigenvalue weighted by atomic mass is 9.84. The predicted octanol–water partition coefficient (Wildman–Crippen LogP) is 4.52. The molecular formula is C25H36N2O4S. The van der Waals surface area contributed by atoms with Crippen molar-refractivity contribution in [2.45, 2.75) is 65.8 Å². The molecule has 1 aromatic heterocycles. The number of rotatable bonds is 4. The van der Waals surface area contributed by atoms with Crippen LogP contribution in [-0.4, -0.2) is 54.9 Å². The van der Waals surface area contributed by atoms with Crippen molar-refractivity contribution in [3.05, 3.63) is 15.8 Å². The zero-order valence-corrected chi connectivity index (χ0v) is 20.9. The van der Waals surface area contributed by atoms with Gasteiger partial charge in [0.1, 0.15) is 17.2 Å². The van der Waals surface area contributed by atoms with E-state index < -0.39 is 5.97 Å². The van der Waals surface area contributed by atoms with Gasteiger partial charge in [-0.2, -0.15) is 0 Å². The van der Waals surface area contributed by atoms with Gasteiger partial charge in [-0.3, -0.25) is 4.79 Å². The molecule has 1 aliphatic heterocycles. The second-order valence-electron chi connectivity index (χ2n) is 9.96. The molecule has 176 valence electrons. The van der Waals surface area contributed by atoms with Crippen molar-refractivity contribution in [3.63, 3.8) is 0 Å². The highest BCUT2D eigenvalue weighted by Crippen LogP contribution is 2.33. The third kappa shape index (κ3) is 7.09. The summed E-state index contributed by atoms with van der Waals surface area (Å²) in [5.41, 5.74) is 0.415. The molecule has 0 bridgehead atoms. The standard InChI is InChI=1S/C17H22N2O3S.C8H14O/c1-17(2,3)8-6-11-10-13(14(23-11)16(21)22)19(5)12-7-9-18(4)15(12)20;1-7-2-4-8(6-9)5-3-7/h10,12H,7,9H2,1-5H3,(H,21,22);6-8H,2-5H2,1H3. The number of hydrogen-bond acceptors (Lipinski definition) is 5. The summed E-state index contributed by atoms with van der Waals surface area (Å²) < 4.78 is 0. The molecule has 1 saturated carbocycles. The van der Waals surface area contributed by atoms with E-state index in [9.17, 15) is 19.5 Å². The van der Waals surface area contributed by atoms with E-state index in [0.717, 1.165) is 36.4 Å². The van der Waals surface area contributed by atoms with Crippen LogP contribution in [0.15, 0.2) is 6.07 Å². The molecule has 1 atom stereocenters. The minimum atomic E-state index is -0.987. The van der Waals surface area contributed by atoms with E-state index in [1.807, 2.05) is 20.8 Å². The fourth-order valence-corrected chi connectivity index (χ4v) is 4.75. The number of nitrogens with zero attached hydrogens (tertiary/aromatic N) is 2. The normalized spacial score (nSPS) is 23.0. The van der Waals surface area contributed by atoms with E-state index in [0.29, 0.717) is 29.4 Å². The summed E-state index contributed by atoms with van der Waals surface area (Å²) in [7, 11) is 3.54. The van der Waals surface area contributed by atoms with E-state index in [1.165, 1.54) is 12.8 Å². The van der Waals surface area contributed by atoms with Crippen LogP contribution in [0.5, 0.6) is 0 Å². The predicted molar refractivity (Wildman–Crippen MR) is 129 cm³/mol. The first-order valence-corrected chi connectivity index (χ1v) is 12.1. The fraction of sp³-hybridized carbons (Fsp3) is 0.640. The minimum absolute atomic E-state index is 0.0253. The van der Waals surface area contributed by atoms with Crippen molar-refractivity contribution in [1.82, 2.24) is 4.90 Å². The first kappa shape index (κ1) is 25.9.